The maximum atomic E-state index is 13.3. The van der Waals surface area contributed by atoms with Gasteiger partial charge in [-0.3, -0.25) is 9.88 Å². The number of ether oxygens (including phenoxy) is 2. The molecule has 0 bridgehead atoms. The van der Waals surface area contributed by atoms with E-state index < -0.39 is 27.3 Å². The van der Waals surface area contributed by atoms with Crippen LogP contribution in [0.2, 0.25) is 0 Å². The lowest BCUT2D eigenvalue weighted by Crippen LogP contribution is -2.50. The number of amides is 1. The normalized spacial score (nSPS) is 18.3. The maximum Gasteiger partial charge on any atom is 0.412 e. The van der Waals surface area contributed by atoms with Gasteiger partial charge in [-0.25, -0.2) is 13.2 Å². The summed E-state index contributed by atoms with van der Waals surface area (Å²) in [7, 11) is -3.72. The fraction of sp³-hybridized carbons (Fsp3) is 0.385. The molecule has 2 heterocycles. The minimum absolute atomic E-state index is 0.208. The van der Waals surface area contributed by atoms with Gasteiger partial charge >= 0.3 is 6.09 Å². The number of rotatable bonds is 4. The van der Waals surface area contributed by atoms with E-state index in [0.717, 1.165) is 5.56 Å². The molecule has 3 aromatic rings. The summed E-state index contributed by atoms with van der Waals surface area (Å²) in [6, 6.07) is 15.3. The summed E-state index contributed by atoms with van der Waals surface area (Å²) in [5.74, 6) is 0. The van der Waals surface area contributed by atoms with Gasteiger partial charge in [0.15, 0.2) is 0 Å². The van der Waals surface area contributed by atoms with Crippen LogP contribution < -0.4 is 0 Å². The number of fused-ring (bicyclic) bond motifs is 1. The van der Waals surface area contributed by atoms with Crippen molar-refractivity contribution in [1.29, 1.82) is 0 Å². The molecule has 180 valence electrons. The summed E-state index contributed by atoms with van der Waals surface area (Å²) in [6.45, 7) is 9.53. The van der Waals surface area contributed by atoms with E-state index in [-0.39, 0.29) is 15.8 Å². The monoisotopic (exact) mass is 482 g/mol. The van der Waals surface area contributed by atoms with E-state index in [1.807, 2.05) is 40.7 Å². The van der Waals surface area contributed by atoms with Crippen LogP contribution in [0.15, 0.2) is 70.6 Å². The Hall–Kier alpha value is -2.97. The number of carbonyl (C=O) groups is 1. The molecular formula is C26H30N2O5S. The Labute approximate surface area is 200 Å². The third-order valence-electron chi connectivity index (χ3n) is 5.77. The first-order chi connectivity index (χ1) is 15.9. The van der Waals surface area contributed by atoms with Crippen molar-refractivity contribution in [2.45, 2.75) is 68.2 Å². The Morgan fingerprint density at radius 1 is 1.12 bits per heavy atom. The molecule has 1 aliphatic rings. The van der Waals surface area contributed by atoms with Crippen molar-refractivity contribution in [3.63, 3.8) is 0 Å². The number of sulfone groups is 1. The van der Waals surface area contributed by atoms with E-state index in [1.54, 1.807) is 47.4 Å². The van der Waals surface area contributed by atoms with Crippen molar-refractivity contribution in [2.75, 3.05) is 6.61 Å². The van der Waals surface area contributed by atoms with Crippen LogP contribution in [0, 0.1) is 0 Å². The topological polar surface area (TPSA) is 85.8 Å². The van der Waals surface area contributed by atoms with E-state index in [9.17, 15) is 13.2 Å². The van der Waals surface area contributed by atoms with Crippen molar-refractivity contribution in [2.24, 2.45) is 0 Å². The van der Waals surface area contributed by atoms with Crippen molar-refractivity contribution in [3.8, 4) is 0 Å². The summed E-state index contributed by atoms with van der Waals surface area (Å²) in [5.41, 5.74) is 0.122. The number of hydrogen-bond acceptors (Lipinski definition) is 6. The van der Waals surface area contributed by atoms with Crippen molar-refractivity contribution in [1.82, 2.24) is 9.88 Å². The number of para-hydroxylation sites is 1. The molecule has 1 aliphatic heterocycles. The second kappa shape index (κ2) is 8.67. The summed E-state index contributed by atoms with van der Waals surface area (Å²) < 4.78 is 38.2. The Morgan fingerprint density at radius 3 is 2.47 bits per heavy atom. The standard InChI is InChI=1S/C26H30N2O5S/c1-25(2,3)33-24(29)28-19(17-32-26(28,4)5)16-18-10-12-20(13-11-18)34(30,31)23-14-15-27-22-9-7-6-8-21(22)23/h6-15,19H,16-17H2,1-5H3/t19-/m0/s1. The molecule has 0 aliphatic carbocycles. The fourth-order valence-corrected chi connectivity index (χ4v) is 5.67. The zero-order chi connectivity index (χ0) is 24.7. The second-order valence-corrected chi connectivity index (χ2v) is 11.9. The van der Waals surface area contributed by atoms with Gasteiger partial charge in [0.2, 0.25) is 9.84 Å². The minimum Gasteiger partial charge on any atom is -0.444 e. The van der Waals surface area contributed by atoms with Crippen LogP contribution in [0.4, 0.5) is 4.79 Å². The van der Waals surface area contributed by atoms with Crippen molar-refractivity contribution >= 4 is 26.8 Å². The molecule has 1 aromatic heterocycles. The lowest BCUT2D eigenvalue weighted by atomic mass is 10.1. The molecule has 4 rings (SSSR count). The Bertz CT molecular complexity index is 1310. The molecule has 34 heavy (non-hydrogen) atoms. The summed E-state index contributed by atoms with van der Waals surface area (Å²) in [4.78, 5) is 19.2. The van der Waals surface area contributed by atoms with Crippen LogP contribution in [0.5, 0.6) is 0 Å². The summed E-state index contributed by atoms with van der Waals surface area (Å²) in [6.07, 6.45) is 1.60. The molecule has 0 saturated carbocycles. The average Bonchev–Trinajstić information content (AvgIpc) is 3.06. The van der Waals surface area contributed by atoms with Crippen LogP contribution in [0.25, 0.3) is 10.9 Å². The molecule has 0 unspecified atom stereocenters. The van der Waals surface area contributed by atoms with Crippen LogP contribution in [-0.2, 0) is 25.7 Å². The Kier molecular flexibility index (Phi) is 6.16. The fourth-order valence-electron chi connectivity index (χ4n) is 4.22. The number of nitrogens with zero attached hydrogens (tertiary/aromatic N) is 2. The zero-order valence-electron chi connectivity index (χ0n) is 20.1. The highest BCUT2D eigenvalue weighted by molar-refractivity contribution is 7.91. The van der Waals surface area contributed by atoms with Crippen molar-refractivity contribution < 1.29 is 22.7 Å². The Balaban J connectivity index is 1.57. The van der Waals surface area contributed by atoms with E-state index in [2.05, 4.69) is 4.98 Å². The Morgan fingerprint density at radius 2 is 1.79 bits per heavy atom. The third-order valence-corrected chi connectivity index (χ3v) is 7.60. The zero-order valence-corrected chi connectivity index (χ0v) is 20.9. The lowest BCUT2D eigenvalue weighted by molar-refractivity contribution is -0.0624. The van der Waals surface area contributed by atoms with E-state index in [4.69, 9.17) is 9.47 Å². The van der Waals surface area contributed by atoms with Gasteiger partial charge in [0.25, 0.3) is 0 Å². The number of carbonyl (C=O) groups excluding carboxylic acids is 1. The first-order valence-corrected chi connectivity index (χ1v) is 12.7. The molecule has 1 fully saturated rings. The number of benzene rings is 2. The average molecular weight is 483 g/mol. The van der Waals surface area contributed by atoms with E-state index >= 15 is 0 Å². The smallest absolute Gasteiger partial charge is 0.412 e. The maximum absolute atomic E-state index is 13.3. The lowest BCUT2D eigenvalue weighted by Gasteiger charge is -2.35. The first-order valence-electron chi connectivity index (χ1n) is 11.2. The van der Waals surface area contributed by atoms with Gasteiger partial charge in [-0.1, -0.05) is 30.3 Å². The van der Waals surface area contributed by atoms with Gasteiger partial charge in [-0.15, -0.1) is 0 Å². The predicted molar refractivity (Wildman–Crippen MR) is 129 cm³/mol. The second-order valence-electron chi connectivity index (χ2n) is 9.94. The highest BCUT2D eigenvalue weighted by Gasteiger charge is 2.45. The first kappa shape index (κ1) is 24.2. The van der Waals surface area contributed by atoms with E-state index in [0.29, 0.717) is 23.9 Å². The molecular weight excluding hydrogens is 452 g/mol. The quantitative estimate of drug-likeness (QED) is 0.521. The third kappa shape index (κ3) is 4.79. The van der Waals surface area contributed by atoms with Gasteiger partial charge in [0.05, 0.1) is 28.0 Å². The highest BCUT2D eigenvalue weighted by atomic mass is 32.2. The molecule has 2 aromatic carbocycles. The molecule has 1 amide bonds. The van der Waals surface area contributed by atoms with Crippen LogP contribution in [0.1, 0.15) is 40.2 Å². The van der Waals surface area contributed by atoms with Gasteiger partial charge in [-0.2, -0.15) is 0 Å². The predicted octanol–water partition coefficient (Wildman–Crippen LogP) is 4.98. The van der Waals surface area contributed by atoms with E-state index in [1.165, 1.54) is 12.3 Å². The van der Waals surface area contributed by atoms with Gasteiger partial charge in [0, 0.05) is 11.6 Å². The highest BCUT2D eigenvalue weighted by Crippen LogP contribution is 2.32. The number of hydrogen-bond donors (Lipinski definition) is 0. The molecule has 0 N–H and O–H groups in total. The number of aromatic nitrogens is 1. The number of pyridine rings is 1. The SMILES string of the molecule is CC(C)(C)OC(=O)N1[C@@H](Cc2ccc(S(=O)(=O)c3ccnc4ccccc34)cc2)COC1(C)C. The summed E-state index contributed by atoms with van der Waals surface area (Å²) in [5, 5.41) is 0.590. The van der Waals surface area contributed by atoms with Crippen LogP contribution in [0.3, 0.4) is 0 Å². The molecule has 1 saturated heterocycles. The molecule has 7 nitrogen and oxygen atoms in total. The van der Waals surface area contributed by atoms with Gasteiger partial charge < -0.3 is 9.47 Å². The minimum atomic E-state index is -3.72. The van der Waals surface area contributed by atoms with Crippen LogP contribution >= 0.6 is 0 Å². The van der Waals surface area contributed by atoms with Crippen molar-refractivity contribution in [3.05, 3.63) is 66.4 Å². The molecule has 0 radical (unpaired) electrons. The van der Waals surface area contributed by atoms with Gasteiger partial charge in [-0.05, 0) is 70.9 Å². The molecule has 0 spiro atoms. The summed E-state index contributed by atoms with van der Waals surface area (Å²) >= 11 is 0. The van der Waals surface area contributed by atoms with Gasteiger partial charge in [0.1, 0.15) is 11.3 Å². The molecule has 8 heteroatoms. The largest absolute Gasteiger partial charge is 0.444 e. The van der Waals surface area contributed by atoms with Crippen LogP contribution in [-0.4, -0.2) is 48.4 Å². The molecule has 1 atom stereocenters.